The molecule has 0 N–H and O–H groups in total. The first-order valence-corrected chi connectivity index (χ1v) is 8.79. The molecular formula is C15H12Cl2N2O3S. The van der Waals surface area contributed by atoms with E-state index in [0.29, 0.717) is 11.8 Å². The third kappa shape index (κ3) is 2.40. The molecule has 120 valence electrons. The van der Waals surface area contributed by atoms with Crippen LogP contribution in [0.1, 0.15) is 51.9 Å². The summed E-state index contributed by atoms with van der Waals surface area (Å²) in [4.78, 5) is 29.6. The van der Waals surface area contributed by atoms with Crippen molar-refractivity contribution in [2.75, 3.05) is 0 Å². The fourth-order valence-corrected chi connectivity index (χ4v) is 5.24. The zero-order valence-corrected chi connectivity index (χ0v) is 14.2. The molecule has 0 radical (unpaired) electrons. The minimum Gasteiger partial charge on any atom is -0.439 e. The highest BCUT2D eigenvalue weighted by molar-refractivity contribution is 7.06. The van der Waals surface area contributed by atoms with Gasteiger partial charge < -0.3 is 4.74 Å². The number of carbonyl (C=O) groups excluding carboxylic acids is 1. The van der Waals surface area contributed by atoms with Gasteiger partial charge in [0.05, 0.1) is 10.0 Å². The second-order valence-corrected chi connectivity index (χ2v) is 7.68. The maximum Gasteiger partial charge on any atom is 0.343 e. The van der Waals surface area contributed by atoms with Crippen LogP contribution in [0, 0.1) is 0 Å². The number of aromatic nitrogens is 2. The van der Waals surface area contributed by atoms with Gasteiger partial charge in [-0.05, 0) is 31.1 Å². The van der Waals surface area contributed by atoms with Crippen LogP contribution < -0.4 is 5.56 Å². The second-order valence-electron chi connectivity index (χ2n) is 5.80. The van der Waals surface area contributed by atoms with Gasteiger partial charge in [0.15, 0.2) is 6.73 Å². The summed E-state index contributed by atoms with van der Waals surface area (Å²) in [5.41, 5.74) is 0.972. The molecule has 5 nitrogen and oxygen atoms in total. The molecule has 2 bridgehead atoms. The Kier molecular flexibility index (Phi) is 3.70. The third-order valence-corrected chi connectivity index (χ3v) is 6.33. The maximum atomic E-state index is 12.5. The third-order valence-electron chi connectivity index (χ3n) is 4.51. The van der Waals surface area contributed by atoms with Gasteiger partial charge in [-0.1, -0.05) is 34.7 Å². The average Bonchev–Trinajstić information content (AvgIpc) is 3.18. The summed E-state index contributed by atoms with van der Waals surface area (Å²) in [7, 11) is 0. The van der Waals surface area contributed by atoms with Crippen molar-refractivity contribution in [2.24, 2.45) is 0 Å². The van der Waals surface area contributed by atoms with Gasteiger partial charge in [-0.15, -0.1) is 0 Å². The van der Waals surface area contributed by atoms with E-state index in [2.05, 4.69) is 4.98 Å². The largest absolute Gasteiger partial charge is 0.439 e. The number of carbonyl (C=O) groups is 1. The lowest BCUT2D eigenvalue weighted by Crippen LogP contribution is -2.21. The number of fused-ring (bicyclic) bond motifs is 5. The van der Waals surface area contributed by atoms with Gasteiger partial charge in [0.1, 0.15) is 5.56 Å². The van der Waals surface area contributed by atoms with E-state index in [1.807, 2.05) is 0 Å². The Morgan fingerprint density at radius 2 is 2.00 bits per heavy atom. The maximum absolute atomic E-state index is 12.5. The van der Waals surface area contributed by atoms with Crippen LogP contribution in [-0.2, 0) is 11.5 Å². The molecule has 2 atom stereocenters. The first-order chi connectivity index (χ1) is 11.1. The monoisotopic (exact) mass is 370 g/mol. The molecule has 2 aliphatic carbocycles. The fraction of sp³-hybridized carbons (Fsp3) is 0.400. The Morgan fingerprint density at radius 3 is 2.70 bits per heavy atom. The van der Waals surface area contributed by atoms with Crippen LogP contribution >= 0.6 is 34.7 Å². The lowest BCUT2D eigenvalue weighted by molar-refractivity contribution is 0.0385. The highest BCUT2D eigenvalue weighted by Crippen LogP contribution is 2.53. The van der Waals surface area contributed by atoms with Crippen LogP contribution in [0.3, 0.4) is 0 Å². The van der Waals surface area contributed by atoms with Gasteiger partial charge in [0.25, 0.3) is 5.56 Å². The SMILES string of the molecule is O=C(OCn1sc2c(c1=O)C1CCC2C1)c1c(Cl)cncc1Cl. The fourth-order valence-electron chi connectivity index (χ4n) is 3.48. The smallest absolute Gasteiger partial charge is 0.343 e. The van der Waals surface area contributed by atoms with E-state index in [4.69, 9.17) is 27.9 Å². The Hall–Kier alpha value is -1.37. The minimum absolute atomic E-state index is 0.0306. The van der Waals surface area contributed by atoms with Gasteiger partial charge in [-0.25, -0.2) is 8.75 Å². The molecule has 2 heterocycles. The van der Waals surface area contributed by atoms with Crippen molar-refractivity contribution < 1.29 is 9.53 Å². The standard InChI is InChI=1S/C15H12Cl2N2O3S/c16-9-4-18-5-10(17)12(9)15(21)22-6-19-14(20)11-7-1-2-8(3-7)13(11)23-19/h4-5,7-8H,1-3,6H2. The quantitative estimate of drug-likeness (QED) is 0.771. The highest BCUT2D eigenvalue weighted by atomic mass is 35.5. The van der Waals surface area contributed by atoms with E-state index in [-0.39, 0.29) is 27.9 Å². The van der Waals surface area contributed by atoms with E-state index >= 15 is 0 Å². The highest BCUT2D eigenvalue weighted by Gasteiger charge is 2.41. The zero-order chi connectivity index (χ0) is 16.1. The van der Waals surface area contributed by atoms with E-state index in [1.165, 1.54) is 32.8 Å². The molecule has 2 aromatic rings. The normalized spacial score (nSPS) is 21.5. The number of esters is 1. The van der Waals surface area contributed by atoms with Gasteiger partial charge in [-0.3, -0.25) is 9.78 Å². The molecular weight excluding hydrogens is 359 g/mol. The minimum atomic E-state index is -0.661. The lowest BCUT2D eigenvalue weighted by Gasteiger charge is -2.07. The Labute approximate surface area is 146 Å². The van der Waals surface area contributed by atoms with Crippen LogP contribution in [0.4, 0.5) is 0 Å². The molecule has 0 aliphatic heterocycles. The molecule has 4 rings (SSSR count). The van der Waals surface area contributed by atoms with Crippen molar-refractivity contribution in [1.29, 1.82) is 0 Å². The van der Waals surface area contributed by atoms with Crippen molar-refractivity contribution in [3.8, 4) is 0 Å². The summed E-state index contributed by atoms with van der Waals surface area (Å²) in [6.45, 7) is -0.121. The van der Waals surface area contributed by atoms with Crippen molar-refractivity contribution in [1.82, 2.24) is 8.94 Å². The summed E-state index contributed by atoms with van der Waals surface area (Å²) >= 11 is 13.3. The predicted molar refractivity (Wildman–Crippen MR) is 87.6 cm³/mol. The Bertz CT molecular complexity index is 841. The van der Waals surface area contributed by atoms with Crippen LogP contribution in [0.5, 0.6) is 0 Å². The Balaban J connectivity index is 1.55. The first-order valence-electron chi connectivity index (χ1n) is 7.26. The topological polar surface area (TPSA) is 61.2 Å². The van der Waals surface area contributed by atoms with Gasteiger partial charge in [0.2, 0.25) is 0 Å². The van der Waals surface area contributed by atoms with E-state index < -0.39 is 5.97 Å². The Morgan fingerprint density at radius 1 is 1.30 bits per heavy atom. The molecule has 2 aromatic heterocycles. The van der Waals surface area contributed by atoms with Crippen molar-refractivity contribution in [3.05, 3.63) is 48.8 Å². The summed E-state index contributed by atoms with van der Waals surface area (Å²) in [6.07, 6.45) is 5.99. The van der Waals surface area contributed by atoms with Gasteiger partial charge >= 0.3 is 5.97 Å². The van der Waals surface area contributed by atoms with Crippen LogP contribution in [-0.4, -0.2) is 14.9 Å². The summed E-state index contributed by atoms with van der Waals surface area (Å²) in [6, 6.07) is 0. The molecule has 8 heteroatoms. The van der Waals surface area contributed by atoms with Gasteiger partial charge in [-0.2, -0.15) is 0 Å². The first kappa shape index (κ1) is 15.2. The van der Waals surface area contributed by atoms with Crippen molar-refractivity contribution >= 4 is 40.7 Å². The van der Waals surface area contributed by atoms with Gasteiger partial charge in [0, 0.05) is 22.8 Å². The molecule has 0 amide bonds. The van der Waals surface area contributed by atoms with Crippen LogP contribution in [0.2, 0.25) is 10.0 Å². The van der Waals surface area contributed by atoms with Crippen LogP contribution in [0.15, 0.2) is 17.2 Å². The lowest BCUT2D eigenvalue weighted by atomic mass is 10.00. The number of pyridine rings is 1. The van der Waals surface area contributed by atoms with E-state index in [0.717, 1.165) is 24.8 Å². The second kappa shape index (κ2) is 5.61. The summed E-state index contributed by atoms with van der Waals surface area (Å²) in [5, 5.41) is 0.253. The molecule has 0 aromatic carbocycles. The molecule has 1 fully saturated rings. The predicted octanol–water partition coefficient (Wildman–Crippen LogP) is 3.79. The molecule has 1 saturated carbocycles. The summed E-state index contributed by atoms with van der Waals surface area (Å²) in [5.74, 6) is 0.236. The average molecular weight is 371 g/mol. The molecule has 2 aliphatic rings. The number of ether oxygens (including phenoxy) is 1. The van der Waals surface area contributed by atoms with E-state index in [9.17, 15) is 9.59 Å². The van der Waals surface area contributed by atoms with Crippen molar-refractivity contribution in [3.63, 3.8) is 0 Å². The van der Waals surface area contributed by atoms with Crippen molar-refractivity contribution in [2.45, 2.75) is 37.8 Å². The van der Waals surface area contributed by atoms with E-state index in [1.54, 1.807) is 0 Å². The number of hydrogen-bond acceptors (Lipinski definition) is 5. The number of rotatable bonds is 3. The molecule has 2 unspecified atom stereocenters. The van der Waals surface area contributed by atoms with Crippen LogP contribution in [0.25, 0.3) is 0 Å². The zero-order valence-electron chi connectivity index (χ0n) is 11.9. The molecule has 23 heavy (non-hydrogen) atoms. The number of nitrogens with zero attached hydrogens (tertiary/aromatic N) is 2. The summed E-state index contributed by atoms with van der Waals surface area (Å²) < 4.78 is 6.72. The molecule has 0 spiro atoms. The number of halogens is 2. The number of hydrogen-bond donors (Lipinski definition) is 0. The molecule has 0 saturated heterocycles.